The van der Waals surface area contributed by atoms with Crippen LogP contribution < -0.4 is 5.32 Å². The van der Waals surface area contributed by atoms with Crippen LogP contribution in [0.25, 0.3) is 11.1 Å². The molecule has 2 N–H and O–H groups in total. The van der Waals surface area contributed by atoms with Gasteiger partial charge in [0.2, 0.25) is 0 Å². The Hall–Kier alpha value is -3.35. The summed E-state index contributed by atoms with van der Waals surface area (Å²) in [7, 11) is 0. The number of carbonyl (C=O) groups excluding carboxylic acids is 2. The summed E-state index contributed by atoms with van der Waals surface area (Å²) in [5, 5.41) is 11.6. The number of alkyl carbamates (subject to hydrolysis) is 1. The third-order valence-electron chi connectivity index (χ3n) is 6.13. The van der Waals surface area contributed by atoms with Crippen LogP contribution in [0, 0.1) is 0 Å². The van der Waals surface area contributed by atoms with Gasteiger partial charge in [0, 0.05) is 5.92 Å². The molecule has 1 atom stereocenters. The number of fused-ring (bicyclic) bond motifs is 3. The van der Waals surface area contributed by atoms with Crippen LogP contribution in [0.1, 0.15) is 55.6 Å². The third kappa shape index (κ3) is 4.93. The number of ether oxygens (including phenoxy) is 2. The molecule has 0 heterocycles. The number of benzene rings is 2. The van der Waals surface area contributed by atoms with Gasteiger partial charge in [-0.25, -0.2) is 9.59 Å². The molecule has 0 spiro atoms. The number of hydrogen-bond acceptors (Lipinski definition) is 5. The number of rotatable bonds is 7. The fraction of sp³-hybridized carbons (Fsp3) is 0.400. The fourth-order valence-corrected chi connectivity index (χ4v) is 4.58. The van der Waals surface area contributed by atoms with Crippen molar-refractivity contribution in [1.82, 2.24) is 5.32 Å². The van der Waals surface area contributed by atoms with Crippen LogP contribution >= 0.6 is 0 Å². The van der Waals surface area contributed by atoms with E-state index >= 15 is 0 Å². The lowest BCUT2D eigenvalue weighted by atomic mass is 9.98. The summed E-state index contributed by atoms with van der Waals surface area (Å²) < 4.78 is 10.9. The number of aliphatic carboxylic acids is 1. The molecule has 7 heteroatoms. The van der Waals surface area contributed by atoms with E-state index in [-0.39, 0.29) is 18.6 Å². The van der Waals surface area contributed by atoms with Crippen LogP contribution in [0.3, 0.4) is 0 Å². The van der Waals surface area contributed by atoms with Gasteiger partial charge in [-0.15, -0.1) is 0 Å². The zero-order chi connectivity index (χ0) is 22.5. The molecule has 0 saturated heterocycles. The lowest BCUT2D eigenvalue weighted by Gasteiger charge is -2.24. The minimum atomic E-state index is -1.29. The van der Waals surface area contributed by atoms with Gasteiger partial charge in [0.25, 0.3) is 0 Å². The topological polar surface area (TPSA) is 102 Å². The maximum Gasteiger partial charge on any atom is 0.407 e. The summed E-state index contributed by atoms with van der Waals surface area (Å²) in [5.41, 5.74) is 4.36. The third-order valence-corrected chi connectivity index (χ3v) is 6.13. The molecule has 2 aliphatic carbocycles. The number of hydrogen-bond donors (Lipinski definition) is 2. The first-order valence-corrected chi connectivity index (χ1v) is 11.1. The first-order chi connectivity index (χ1) is 15.5. The first kappa shape index (κ1) is 21.9. The van der Waals surface area contributed by atoms with E-state index in [1.54, 1.807) is 0 Å². The molecule has 2 aliphatic rings. The van der Waals surface area contributed by atoms with Gasteiger partial charge in [0.1, 0.15) is 18.8 Å². The fourth-order valence-electron chi connectivity index (χ4n) is 4.58. The molecule has 1 saturated carbocycles. The van der Waals surface area contributed by atoms with Gasteiger partial charge in [0.05, 0.1) is 6.42 Å². The summed E-state index contributed by atoms with van der Waals surface area (Å²) in [4.78, 5) is 36.2. The Labute approximate surface area is 186 Å². The van der Waals surface area contributed by atoms with E-state index in [1.165, 1.54) is 0 Å². The molecule has 32 heavy (non-hydrogen) atoms. The molecular weight excluding hydrogens is 410 g/mol. The molecule has 7 nitrogen and oxygen atoms in total. The van der Waals surface area contributed by atoms with Crippen molar-refractivity contribution in [3.63, 3.8) is 0 Å². The van der Waals surface area contributed by atoms with Crippen molar-refractivity contribution in [2.75, 3.05) is 6.61 Å². The van der Waals surface area contributed by atoms with Gasteiger partial charge in [0.15, 0.2) is 0 Å². The Balaban J connectivity index is 1.39. The largest absolute Gasteiger partial charge is 0.481 e. The molecule has 168 valence electrons. The summed E-state index contributed by atoms with van der Waals surface area (Å²) in [6.07, 6.45) is 2.95. The van der Waals surface area contributed by atoms with Gasteiger partial charge >= 0.3 is 18.0 Å². The average molecular weight is 437 g/mol. The highest BCUT2D eigenvalue weighted by molar-refractivity contribution is 5.86. The maximum atomic E-state index is 12.5. The van der Waals surface area contributed by atoms with Gasteiger partial charge in [-0.3, -0.25) is 4.79 Å². The summed E-state index contributed by atoms with van der Waals surface area (Å²) in [5.74, 6) is -2.05. The first-order valence-electron chi connectivity index (χ1n) is 11.1. The van der Waals surface area contributed by atoms with Crippen LogP contribution in [0.5, 0.6) is 0 Å². The SMILES string of the molecule is O=C(O)C[C@H](NC(=O)OCC1c2ccccc2-c2ccccc21)C(=O)OC1CCCCC1. The van der Waals surface area contributed by atoms with Crippen molar-refractivity contribution in [3.8, 4) is 11.1 Å². The van der Waals surface area contributed by atoms with Gasteiger partial charge in [-0.1, -0.05) is 55.0 Å². The predicted molar refractivity (Wildman–Crippen MR) is 117 cm³/mol. The van der Waals surface area contributed by atoms with Crippen molar-refractivity contribution in [2.24, 2.45) is 0 Å². The molecule has 2 aromatic carbocycles. The quantitative estimate of drug-likeness (QED) is 0.628. The minimum absolute atomic E-state index is 0.0807. The maximum absolute atomic E-state index is 12.5. The number of nitrogens with one attached hydrogen (secondary N) is 1. The Kier molecular flexibility index (Phi) is 6.73. The number of carbonyl (C=O) groups is 3. The highest BCUT2D eigenvalue weighted by Crippen LogP contribution is 2.44. The van der Waals surface area contributed by atoms with Crippen molar-refractivity contribution < 1.29 is 29.0 Å². The highest BCUT2D eigenvalue weighted by atomic mass is 16.6. The standard InChI is InChI=1S/C25H27NO6/c27-23(28)14-22(24(29)32-16-8-2-1-3-9-16)26-25(30)31-15-21-19-12-6-4-10-17(19)18-11-5-7-13-20(18)21/h4-7,10-13,16,21-22H,1-3,8-9,14-15H2,(H,26,30)(H,27,28)/t22-/m0/s1. The van der Waals surface area contributed by atoms with Gasteiger partial charge in [-0.2, -0.15) is 0 Å². The van der Waals surface area contributed by atoms with E-state index in [2.05, 4.69) is 5.32 Å². The summed E-state index contributed by atoms with van der Waals surface area (Å²) in [6, 6.07) is 14.7. The second-order valence-corrected chi connectivity index (χ2v) is 8.32. The second kappa shape index (κ2) is 9.85. The number of amides is 1. The van der Waals surface area contributed by atoms with Crippen molar-refractivity contribution >= 4 is 18.0 Å². The van der Waals surface area contributed by atoms with Crippen LogP contribution in [0.4, 0.5) is 4.79 Å². The molecule has 0 unspecified atom stereocenters. The highest BCUT2D eigenvalue weighted by Gasteiger charge is 2.31. The smallest absolute Gasteiger partial charge is 0.407 e. The predicted octanol–water partition coefficient (Wildman–Crippen LogP) is 4.24. The number of carboxylic acids is 1. The molecule has 1 amide bonds. The normalized spacial score (nSPS) is 16.5. The Bertz CT molecular complexity index is 952. The molecule has 0 aromatic heterocycles. The minimum Gasteiger partial charge on any atom is -0.481 e. The van der Waals surface area contributed by atoms with Crippen LogP contribution in [-0.4, -0.2) is 41.9 Å². The zero-order valence-electron chi connectivity index (χ0n) is 17.8. The zero-order valence-corrected chi connectivity index (χ0v) is 17.8. The molecule has 2 aromatic rings. The summed E-state index contributed by atoms with van der Waals surface area (Å²) in [6.45, 7) is 0.0807. The molecular formula is C25H27NO6. The Morgan fingerprint density at radius 3 is 2.12 bits per heavy atom. The van der Waals surface area contributed by atoms with Crippen LogP contribution in [0.2, 0.25) is 0 Å². The Morgan fingerprint density at radius 2 is 1.53 bits per heavy atom. The molecule has 4 rings (SSSR count). The van der Waals surface area contributed by atoms with Gasteiger partial charge < -0.3 is 19.9 Å². The van der Waals surface area contributed by atoms with Crippen molar-refractivity contribution in [1.29, 1.82) is 0 Å². The van der Waals surface area contributed by atoms with E-state index in [9.17, 15) is 19.5 Å². The van der Waals surface area contributed by atoms with Crippen molar-refractivity contribution in [2.45, 2.75) is 56.6 Å². The summed E-state index contributed by atoms with van der Waals surface area (Å²) >= 11 is 0. The van der Waals surface area contributed by atoms with Crippen LogP contribution in [0.15, 0.2) is 48.5 Å². The van der Waals surface area contributed by atoms with E-state index < -0.39 is 30.5 Å². The second-order valence-electron chi connectivity index (χ2n) is 8.32. The van der Waals surface area contributed by atoms with E-state index in [0.717, 1.165) is 54.4 Å². The van der Waals surface area contributed by atoms with E-state index in [4.69, 9.17) is 9.47 Å². The van der Waals surface area contributed by atoms with Crippen molar-refractivity contribution in [3.05, 3.63) is 59.7 Å². The monoisotopic (exact) mass is 437 g/mol. The lowest BCUT2D eigenvalue weighted by Crippen LogP contribution is -2.45. The molecule has 0 bridgehead atoms. The van der Waals surface area contributed by atoms with E-state index in [0.29, 0.717) is 0 Å². The average Bonchev–Trinajstić information content (AvgIpc) is 3.11. The lowest BCUT2D eigenvalue weighted by molar-refractivity contribution is -0.156. The molecule has 0 aliphatic heterocycles. The van der Waals surface area contributed by atoms with Crippen LogP contribution in [-0.2, 0) is 19.1 Å². The molecule has 1 fully saturated rings. The molecule has 0 radical (unpaired) electrons. The van der Waals surface area contributed by atoms with E-state index in [1.807, 2.05) is 48.5 Å². The number of esters is 1. The number of carboxylic acid groups (broad SMARTS) is 1. The van der Waals surface area contributed by atoms with Gasteiger partial charge in [-0.05, 0) is 47.9 Å². The Morgan fingerprint density at radius 1 is 0.938 bits per heavy atom.